The number of benzene rings is 1. The van der Waals surface area contributed by atoms with Gasteiger partial charge in [0.25, 0.3) is 0 Å². The first-order valence-corrected chi connectivity index (χ1v) is 12.5. The molecular weight excluding hydrogens is 381 g/mol. The highest BCUT2D eigenvalue weighted by molar-refractivity contribution is 6.74. The lowest BCUT2D eigenvalue weighted by Crippen LogP contribution is -2.41. The van der Waals surface area contributed by atoms with E-state index in [0.717, 1.165) is 5.46 Å². The molecule has 1 aliphatic rings. The van der Waals surface area contributed by atoms with E-state index >= 15 is 0 Å². The fourth-order valence-corrected chi connectivity index (χ4v) is 3.47. The van der Waals surface area contributed by atoms with Gasteiger partial charge in [0.1, 0.15) is 5.75 Å². The van der Waals surface area contributed by atoms with E-state index in [1.807, 2.05) is 27.7 Å². The van der Waals surface area contributed by atoms with Crippen molar-refractivity contribution < 1.29 is 27.3 Å². The Morgan fingerprint density at radius 1 is 1.07 bits per heavy atom. The monoisotopic (exact) mass is 414 g/mol. The normalized spacial score (nSPS) is 19.4. The minimum atomic E-state index is -2.89. The van der Waals surface area contributed by atoms with Crippen molar-refractivity contribution in [1.29, 1.82) is 0 Å². The molecule has 1 aromatic rings. The van der Waals surface area contributed by atoms with Crippen molar-refractivity contribution in [2.75, 3.05) is 0 Å². The van der Waals surface area contributed by atoms with Crippen LogP contribution < -0.4 is 10.2 Å². The number of hydrogen-bond acceptors (Lipinski definition) is 4. The summed E-state index contributed by atoms with van der Waals surface area (Å²) in [6.45, 7) is 15.9. The molecule has 2 rings (SSSR count). The highest BCUT2D eigenvalue weighted by Crippen LogP contribution is 2.38. The molecule has 158 valence electrons. The van der Waals surface area contributed by atoms with Gasteiger partial charge < -0.3 is 18.5 Å². The number of rotatable bonds is 6. The number of hydrogen-bond donors (Lipinski definition) is 0. The molecule has 4 nitrogen and oxygen atoms in total. The number of alkyl halides is 2. The summed E-state index contributed by atoms with van der Waals surface area (Å²) >= 11 is 0. The standard InChI is InChI=1S/C20H33BF2O4Si/c1-18(2,3)28(8,9)24-13-14-12-15(10-11-16(14)25-17(22)23)21-26-19(4,5)20(6,7)27-21/h10-12,17H,13H2,1-9H3. The maximum atomic E-state index is 12.9. The SMILES string of the molecule is CC1(C)OB(c2ccc(OC(F)F)c(CO[Si](C)(C)C(C)(C)C)c2)OC1(C)C. The second kappa shape index (κ2) is 7.70. The van der Waals surface area contributed by atoms with Gasteiger partial charge in [0.05, 0.1) is 17.8 Å². The van der Waals surface area contributed by atoms with Gasteiger partial charge in [0, 0.05) is 5.56 Å². The van der Waals surface area contributed by atoms with Gasteiger partial charge in [0.15, 0.2) is 8.32 Å². The van der Waals surface area contributed by atoms with Crippen LogP contribution in [0.5, 0.6) is 5.75 Å². The Labute approximate surface area is 169 Å². The molecule has 8 heteroatoms. The summed E-state index contributed by atoms with van der Waals surface area (Å²) in [6, 6.07) is 5.03. The predicted molar refractivity (Wildman–Crippen MR) is 111 cm³/mol. The Morgan fingerprint density at radius 2 is 1.61 bits per heavy atom. The molecule has 1 heterocycles. The Hall–Kier alpha value is -0.958. The molecule has 0 aromatic heterocycles. The van der Waals surface area contributed by atoms with Gasteiger partial charge in [-0.3, -0.25) is 0 Å². The molecule has 0 N–H and O–H groups in total. The lowest BCUT2D eigenvalue weighted by molar-refractivity contribution is -0.0508. The van der Waals surface area contributed by atoms with E-state index in [1.54, 1.807) is 12.1 Å². The molecule has 1 saturated heterocycles. The molecule has 0 unspecified atom stereocenters. The molecule has 0 atom stereocenters. The van der Waals surface area contributed by atoms with Crippen LogP contribution in [0.1, 0.15) is 54.0 Å². The first-order valence-electron chi connectivity index (χ1n) is 9.63. The zero-order valence-corrected chi connectivity index (χ0v) is 19.5. The number of halogens is 2. The average molecular weight is 414 g/mol. The molecule has 0 amide bonds. The van der Waals surface area contributed by atoms with Crippen LogP contribution in [0.2, 0.25) is 18.1 Å². The summed E-state index contributed by atoms with van der Waals surface area (Å²) in [5.74, 6) is 0.119. The molecule has 0 saturated carbocycles. The third kappa shape index (κ3) is 4.96. The van der Waals surface area contributed by atoms with Gasteiger partial charge in [-0.05, 0) is 57.4 Å². The maximum Gasteiger partial charge on any atom is 0.494 e. The van der Waals surface area contributed by atoms with Crippen LogP contribution in [-0.4, -0.2) is 33.2 Å². The van der Waals surface area contributed by atoms with Crippen LogP contribution in [-0.2, 0) is 20.3 Å². The van der Waals surface area contributed by atoms with E-state index in [0.29, 0.717) is 5.56 Å². The largest absolute Gasteiger partial charge is 0.494 e. The topological polar surface area (TPSA) is 36.9 Å². The van der Waals surface area contributed by atoms with E-state index in [-0.39, 0.29) is 17.4 Å². The van der Waals surface area contributed by atoms with Crippen LogP contribution in [0.25, 0.3) is 0 Å². The Morgan fingerprint density at radius 3 is 2.07 bits per heavy atom. The van der Waals surface area contributed by atoms with E-state index in [4.69, 9.17) is 18.5 Å². The fourth-order valence-electron chi connectivity index (χ4n) is 2.52. The Bertz CT molecular complexity index is 686. The first-order chi connectivity index (χ1) is 12.6. The summed E-state index contributed by atoms with van der Waals surface area (Å²) in [4.78, 5) is 0. The summed E-state index contributed by atoms with van der Waals surface area (Å²) in [5, 5.41) is 0.0140. The molecule has 0 aliphatic carbocycles. The van der Waals surface area contributed by atoms with Crippen molar-refractivity contribution in [3.8, 4) is 5.75 Å². The molecule has 0 spiro atoms. The maximum absolute atomic E-state index is 12.9. The van der Waals surface area contributed by atoms with Crippen molar-refractivity contribution in [2.45, 2.75) is 91.0 Å². The van der Waals surface area contributed by atoms with Gasteiger partial charge in [-0.2, -0.15) is 8.78 Å². The van der Waals surface area contributed by atoms with E-state index < -0.39 is 33.2 Å². The molecule has 0 bridgehead atoms. The van der Waals surface area contributed by atoms with Crippen molar-refractivity contribution in [3.05, 3.63) is 23.8 Å². The fraction of sp³-hybridized carbons (Fsp3) is 0.700. The van der Waals surface area contributed by atoms with Crippen molar-refractivity contribution in [2.24, 2.45) is 0 Å². The molecule has 1 fully saturated rings. The van der Waals surface area contributed by atoms with Gasteiger partial charge >= 0.3 is 13.7 Å². The second-order valence-corrected chi connectivity index (χ2v) is 14.7. The summed E-state index contributed by atoms with van der Waals surface area (Å²) in [7, 11) is -2.62. The van der Waals surface area contributed by atoms with Crippen LogP contribution >= 0.6 is 0 Å². The third-order valence-corrected chi connectivity index (χ3v) is 10.7. The van der Waals surface area contributed by atoms with Gasteiger partial charge in [-0.15, -0.1) is 0 Å². The average Bonchev–Trinajstić information content (AvgIpc) is 2.72. The molecule has 1 aromatic carbocycles. The molecule has 28 heavy (non-hydrogen) atoms. The van der Waals surface area contributed by atoms with Crippen molar-refractivity contribution in [3.63, 3.8) is 0 Å². The minimum absolute atomic E-state index is 0.0140. The summed E-state index contributed by atoms with van der Waals surface area (Å²) in [6.07, 6.45) is 0. The van der Waals surface area contributed by atoms with Crippen LogP contribution in [0, 0.1) is 0 Å². The van der Waals surface area contributed by atoms with E-state index in [2.05, 4.69) is 33.9 Å². The first kappa shape index (κ1) is 23.3. The Balaban J connectivity index is 2.31. The summed E-state index contributed by atoms with van der Waals surface area (Å²) < 4.78 is 48.8. The number of ether oxygens (including phenoxy) is 1. The van der Waals surface area contributed by atoms with Gasteiger partial charge in [-0.1, -0.05) is 32.9 Å². The predicted octanol–water partition coefficient (Wildman–Crippen LogP) is 5.11. The second-order valence-electron chi connectivity index (χ2n) is 9.88. The van der Waals surface area contributed by atoms with Crippen LogP contribution in [0.15, 0.2) is 18.2 Å². The quantitative estimate of drug-likeness (QED) is 0.607. The van der Waals surface area contributed by atoms with E-state index in [9.17, 15) is 8.78 Å². The minimum Gasteiger partial charge on any atom is -0.434 e. The van der Waals surface area contributed by atoms with Crippen molar-refractivity contribution in [1.82, 2.24) is 0 Å². The zero-order valence-electron chi connectivity index (χ0n) is 18.5. The Kier molecular flexibility index (Phi) is 6.42. The smallest absolute Gasteiger partial charge is 0.434 e. The van der Waals surface area contributed by atoms with Crippen LogP contribution in [0.3, 0.4) is 0 Å². The zero-order chi connectivity index (χ0) is 21.5. The molecular formula is C20H33BF2O4Si. The third-order valence-electron chi connectivity index (χ3n) is 6.22. The molecule has 1 aliphatic heterocycles. The van der Waals surface area contributed by atoms with Gasteiger partial charge in [-0.25, -0.2) is 0 Å². The highest BCUT2D eigenvalue weighted by atomic mass is 28.4. The van der Waals surface area contributed by atoms with Crippen LogP contribution in [0.4, 0.5) is 8.78 Å². The lowest BCUT2D eigenvalue weighted by atomic mass is 9.78. The highest BCUT2D eigenvalue weighted by Gasteiger charge is 2.51. The molecule has 0 radical (unpaired) electrons. The van der Waals surface area contributed by atoms with Crippen molar-refractivity contribution >= 4 is 20.9 Å². The van der Waals surface area contributed by atoms with E-state index in [1.165, 1.54) is 6.07 Å². The lowest BCUT2D eigenvalue weighted by Gasteiger charge is -2.36. The summed E-state index contributed by atoms with van der Waals surface area (Å²) in [5.41, 5.74) is 0.368. The van der Waals surface area contributed by atoms with Gasteiger partial charge in [0.2, 0.25) is 0 Å².